The molecular formula is C25H25N7O. The molecule has 0 aliphatic carbocycles. The number of hydrogen-bond donors (Lipinski definition) is 2. The lowest BCUT2D eigenvalue weighted by Crippen LogP contribution is -2.34. The third-order valence-electron chi connectivity index (χ3n) is 5.89. The predicted octanol–water partition coefficient (Wildman–Crippen LogP) is 2.86. The summed E-state index contributed by atoms with van der Waals surface area (Å²) in [7, 11) is 3.91. The normalized spacial score (nSPS) is 15.7. The fraction of sp³-hybridized carbons (Fsp3) is 0.200. The molecule has 0 bridgehead atoms. The Kier molecular flexibility index (Phi) is 5.14. The monoisotopic (exact) mass is 439 g/mol. The minimum atomic E-state index is -0.246. The van der Waals surface area contributed by atoms with Crippen LogP contribution in [0.4, 0.5) is 5.82 Å². The Morgan fingerprint density at radius 2 is 2.12 bits per heavy atom. The van der Waals surface area contributed by atoms with E-state index in [-0.39, 0.29) is 11.9 Å². The molecule has 166 valence electrons. The van der Waals surface area contributed by atoms with E-state index in [0.717, 1.165) is 44.3 Å². The highest BCUT2D eigenvalue weighted by Crippen LogP contribution is 2.44. The van der Waals surface area contributed by atoms with E-state index in [4.69, 9.17) is 5.73 Å². The van der Waals surface area contributed by atoms with Crippen molar-refractivity contribution in [1.82, 2.24) is 29.7 Å². The maximum absolute atomic E-state index is 12.5. The van der Waals surface area contributed by atoms with Crippen LogP contribution in [0.1, 0.15) is 5.69 Å². The smallest absolute Gasteiger partial charge is 0.244 e. The molecule has 0 spiro atoms. The summed E-state index contributed by atoms with van der Waals surface area (Å²) < 4.78 is 2.06. The predicted molar refractivity (Wildman–Crippen MR) is 131 cm³/mol. The number of anilines is 1. The lowest BCUT2D eigenvalue weighted by molar-refractivity contribution is -0.116. The van der Waals surface area contributed by atoms with E-state index in [1.807, 2.05) is 55.5 Å². The van der Waals surface area contributed by atoms with Gasteiger partial charge >= 0.3 is 0 Å². The third-order valence-corrected chi connectivity index (χ3v) is 5.89. The van der Waals surface area contributed by atoms with Crippen LogP contribution in [0.5, 0.6) is 0 Å². The zero-order valence-corrected chi connectivity index (χ0v) is 18.6. The van der Waals surface area contributed by atoms with E-state index in [2.05, 4.69) is 37.5 Å². The molecule has 8 heteroatoms. The second kappa shape index (κ2) is 8.14. The van der Waals surface area contributed by atoms with Crippen molar-refractivity contribution in [3.63, 3.8) is 0 Å². The molecule has 3 aromatic heterocycles. The minimum absolute atomic E-state index is 0.152. The first-order valence-electron chi connectivity index (χ1n) is 10.7. The number of fused-ring (bicyclic) bond motifs is 4. The van der Waals surface area contributed by atoms with Crippen LogP contribution in [-0.4, -0.2) is 57.0 Å². The zero-order chi connectivity index (χ0) is 23.1. The SMILES string of the molecule is C=C1c2c(-c3cnc4ccccc4c3)c3c(N)ncnc3n2C[C@H]1NC(=O)/C=C/CN(C)C. The number of aromatic nitrogens is 4. The summed E-state index contributed by atoms with van der Waals surface area (Å²) in [5, 5.41) is 4.87. The molecule has 3 N–H and O–H groups in total. The number of nitrogens with two attached hydrogens (primary N) is 1. The number of carbonyl (C=O) groups is 1. The molecule has 0 fully saturated rings. The van der Waals surface area contributed by atoms with Gasteiger partial charge in [0.05, 0.1) is 22.6 Å². The fourth-order valence-electron chi connectivity index (χ4n) is 4.37. The highest BCUT2D eigenvalue weighted by molar-refractivity contribution is 6.08. The van der Waals surface area contributed by atoms with Crippen LogP contribution in [0.3, 0.4) is 0 Å². The first kappa shape index (κ1) is 20.8. The average Bonchev–Trinajstić information content (AvgIpc) is 3.28. The van der Waals surface area contributed by atoms with Gasteiger partial charge in [-0.25, -0.2) is 9.97 Å². The molecule has 0 radical (unpaired) electrons. The maximum atomic E-state index is 12.5. The lowest BCUT2D eigenvalue weighted by atomic mass is 9.98. The number of para-hydroxylation sites is 1. The first-order valence-corrected chi connectivity index (χ1v) is 10.7. The number of hydrogen-bond acceptors (Lipinski definition) is 6. The van der Waals surface area contributed by atoms with Crippen molar-refractivity contribution in [2.75, 3.05) is 26.4 Å². The fourth-order valence-corrected chi connectivity index (χ4v) is 4.37. The van der Waals surface area contributed by atoms with E-state index in [0.29, 0.717) is 18.9 Å². The van der Waals surface area contributed by atoms with Gasteiger partial charge in [0.1, 0.15) is 17.8 Å². The Balaban J connectivity index is 1.58. The summed E-state index contributed by atoms with van der Waals surface area (Å²) in [4.78, 5) is 27.9. The van der Waals surface area contributed by atoms with Gasteiger partial charge in [0, 0.05) is 41.9 Å². The lowest BCUT2D eigenvalue weighted by Gasteiger charge is -2.14. The van der Waals surface area contributed by atoms with Crippen LogP contribution >= 0.6 is 0 Å². The van der Waals surface area contributed by atoms with E-state index in [1.165, 1.54) is 6.33 Å². The Labute approximate surface area is 191 Å². The van der Waals surface area contributed by atoms with Crippen LogP contribution < -0.4 is 11.1 Å². The summed E-state index contributed by atoms with van der Waals surface area (Å²) in [6.45, 7) is 5.55. The topological polar surface area (TPSA) is 102 Å². The average molecular weight is 440 g/mol. The van der Waals surface area contributed by atoms with Gasteiger partial charge in [-0.1, -0.05) is 30.9 Å². The maximum Gasteiger partial charge on any atom is 0.244 e. The van der Waals surface area contributed by atoms with Crippen molar-refractivity contribution in [2.24, 2.45) is 0 Å². The molecule has 0 unspecified atom stereocenters. The van der Waals surface area contributed by atoms with Crippen molar-refractivity contribution in [3.8, 4) is 11.1 Å². The van der Waals surface area contributed by atoms with Crippen molar-refractivity contribution in [3.05, 3.63) is 67.3 Å². The molecule has 1 atom stereocenters. The number of benzene rings is 1. The second-order valence-corrected chi connectivity index (χ2v) is 8.46. The number of rotatable bonds is 5. The molecule has 1 aliphatic heterocycles. The van der Waals surface area contributed by atoms with Crippen molar-refractivity contribution >= 4 is 39.2 Å². The Hall–Kier alpha value is -4.04. The number of nitrogens with zero attached hydrogens (tertiary/aromatic N) is 5. The van der Waals surface area contributed by atoms with Crippen LogP contribution in [0.15, 0.2) is 61.6 Å². The molecule has 4 heterocycles. The third kappa shape index (κ3) is 3.64. The molecule has 0 saturated heterocycles. The molecule has 4 aromatic rings. The van der Waals surface area contributed by atoms with Crippen LogP contribution in [0.2, 0.25) is 0 Å². The van der Waals surface area contributed by atoms with Crippen LogP contribution in [-0.2, 0) is 11.3 Å². The standard InChI is InChI=1S/C25H25N7O/c1-15-19(30-20(33)9-6-10-31(2)3)13-32-23(15)21(22-24(26)28-14-29-25(22)32)17-11-16-7-4-5-8-18(16)27-12-17/h4-9,11-12,14,19H,1,10,13H2,2-3H3,(H,30,33)(H2,26,28,29)/b9-6+/t19-/m1/s1. The Morgan fingerprint density at radius 1 is 1.30 bits per heavy atom. The van der Waals surface area contributed by atoms with E-state index in [1.54, 1.807) is 6.08 Å². The van der Waals surface area contributed by atoms with E-state index < -0.39 is 0 Å². The van der Waals surface area contributed by atoms with Crippen molar-refractivity contribution < 1.29 is 4.79 Å². The van der Waals surface area contributed by atoms with Gasteiger partial charge in [0.15, 0.2) is 0 Å². The second-order valence-electron chi connectivity index (χ2n) is 8.46. The number of pyridine rings is 1. The summed E-state index contributed by atoms with van der Waals surface area (Å²) in [6.07, 6.45) is 6.70. The Bertz CT molecular complexity index is 1430. The summed E-state index contributed by atoms with van der Waals surface area (Å²) >= 11 is 0. The first-order chi connectivity index (χ1) is 15.9. The van der Waals surface area contributed by atoms with Gasteiger partial charge in [-0.15, -0.1) is 0 Å². The van der Waals surface area contributed by atoms with Gasteiger partial charge in [-0.3, -0.25) is 9.78 Å². The van der Waals surface area contributed by atoms with Crippen molar-refractivity contribution in [2.45, 2.75) is 12.6 Å². The summed E-state index contributed by atoms with van der Waals surface area (Å²) in [6, 6.07) is 9.81. The summed E-state index contributed by atoms with van der Waals surface area (Å²) in [5.74, 6) is 0.256. The molecule has 5 rings (SSSR count). The molecule has 1 amide bonds. The highest BCUT2D eigenvalue weighted by atomic mass is 16.1. The van der Waals surface area contributed by atoms with Gasteiger partial charge in [0.2, 0.25) is 5.91 Å². The molecule has 1 aromatic carbocycles. The number of nitrogen functional groups attached to an aromatic ring is 1. The number of carbonyl (C=O) groups excluding carboxylic acids is 1. The number of likely N-dealkylation sites (N-methyl/N-ethyl adjacent to an activating group) is 1. The molecular weight excluding hydrogens is 414 g/mol. The summed E-state index contributed by atoms with van der Waals surface area (Å²) in [5.41, 5.74) is 11.5. The number of amides is 1. The molecule has 0 saturated carbocycles. The van der Waals surface area contributed by atoms with Gasteiger partial charge < -0.3 is 20.5 Å². The van der Waals surface area contributed by atoms with E-state index >= 15 is 0 Å². The highest BCUT2D eigenvalue weighted by Gasteiger charge is 2.34. The molecule has 1 aliphatic rings. The minimum Gasteiger partial charge on any atom is -0.383 e. The number of nitrogens with one attached hydrogen (secondary N) is 1. The zero-order valence-electron chi connectivity index (χ0n) is 18.6. The van der Waals surface area contributed by atoms with Gasteiger partial charge in [-0.05, 0) is 31.8 Å². The largest absolute Gasteiger partial charge is 0.383 e. The van der Waals surface area contributed by atoms with Crippen LogP contribution in [0, 0.1) is 0 Å². The Morgan fingerprint density at radius 3 is 2.94 bits per heavy atom. The van der Waals surface area contributed by atoms with E-state index in [9.17, 15) is 4.79 Å². The quantitative estimate of drug-likeness (QED) is 0.464. The van der Waals surface area contributed by atoms with Crippen LogP contribution in [0.25, 0.3) is 38.6 Å². The van der Waals surface area contributed by atoms with Gasteiger partial charge in [0.25, 0.3) is 0 Å². The molecule has 8 nitrogen and oxygen atoms in total. The van der Waals surface area contributed by atoms with Gasteiger partial charge in [-0.2, -0.15) is 0 Å². The van der Waals surface area contributed by atoms with Crippen molar-refractivity contribution in [1.29, 1.82) is 0 Å². The molecule has 33 heavy (non-hydrogen) atoms.